The Morgan fingerprint density at radius 2 is 2.17 bits per heavy atom. The van der Waals surface area contributed by atoms with E-state index in [1.54, 1.807) is 19.4 Å². The van der Waals surface area contributed by atoms with E-state index in [0.29, 0.717) is 30.5 Å². The highest BCUT2D eigenvalue weighted by molar-refractivity contribution is 5.92. The van der Waals surface area contributed by atoms with Crippen LogP contribution in [0, 0.1) is 0 Å². The minimum atomic E-state index is 0.339. The highest BCUT2D eigenvalue weighted by Gasteiger charge is 2.07. The van der Waals surface area contributed by atoms with Crippen molar-refractivity contribution in [2.45, 2.75) is 6.42 Å². The lowest BCUT2D eigenvalue weighted by Crippen LogP contribution is -2.23. The molecule has 8 heteroatoms. The van der Waals surface area contributed by atoms with E-state index in [0.717, 1.165) is 17.3 Å². The molecule has 3 rings (SSSR count). The second-order valence-electron chi connectivity index (χ2n) is 4.95. The lowest BCUT2D eigenvalue weighted by Gasteiger charge is -2.06. The fraction of sp³-hybridized carbons (Fsp3) is 0.188. The molecule has 0 saturated heterocycles. The number of hydrogen-bond donors (Lipinski definition) is 3. The third-order valence-electron chi connectivity index (χ3n) is 3.27. The highest BCUT2D eigenvalue weighted by atomic mass is 16.5. The highest BCUT2D eigenvalue weighted by Crippen LogP contribution is 2.15. The van der Waals surface area contributed by atoms with Gasteiger partial charge in [0.1, 0.15) is 11.6 Å². The van der Waals surface area contributed by atoms with E-state index in [1.165, 1.54) is 0 Å². The first-order valence-corrected chi connectivity index (χ1v) is 7.41. The van der Waals surface area contributed by atoms with Crippen molar-refractivity contribution in [3.63, 3.8) is 0 Å². The van der Waals surface area contributed by atoms with Gasteiger partial charge >= 0.3 is 0 Å². The van der Waals surface area contributed by atoms with Crippen LogP contribution in [-0.4, -0.2) is 34.8 Å². The molecular weight excluding hydrogens is 308 g/mol. The minimum Gasteiger partial charge on any atom is -0.497 e. The maximum Gasteiger partial charge on any atom is 0.216 e. The Bertz CT molecular complexity index is 792. The van der Waals surface area contributed by atoms with Crippen LogP contribution in [0.4, 0.5) is 5.69 Å². The summed E-state index contributed by atoms with van der Waals surface area (Å²) in [6.07, 6.45) is 2.18. The molecule has 0 spiro atoms. The Kier molecular flexibility index (Phi) is 4.76. The summed E-state index contributed by atoms with van der Waals surface area (Å²) in [7, 11) is 1.62. The third-order valence-corrected chi connectivity index (χ3v) is 3.27. The Morgan fingerprint density at radius 3 is 2.88 bits per heavy atom. The topological polar surface area (TPSA) is 114 Å². The number of ether oxygens (including phenoxy) is 1. The number of furan rings is 1. The van der Waals surface area contributed by atoms with Crippen molar-refractivity contribution < 1.29 is 9.15 Å². The predicted octanol–water partition coefficient (Wildman–Crippen LogP) is 2.04. The number of benzene rings is 1. The molecule has 1 aromatic carbocycles. The van der Waals surface area contributed by atoms with E-state index in [-0.39, 0.29) is 0 Å². The molecule has 2 heterocycles. The Hall–Kier alpha value is -3.29. The summed E-state index contributed by atoms with van der Waals surface area (Å²) >= 11 is 0. The van der Waals surface area contributed by atoms with Crippen molar-refractivity contribution >= 4 is 11.6 Å². The number of nitrogens with two attached hydrogens (primary N) is 1. The van der Waals surface area contributed by atoms with Gasteiger partial charge < -0.3 is 20.2 Å². The molecule has 4 N–H and O–H groups in total. The second-order valence-corrected chi connectivity index (χ2v) is 4.95. The number of aromatic nitrogens is 3. The summed E-state index contributed by atoms with van der Waals surface area (Å²) in [6, 6.07) is 11.0. The van der Waals surface area contributed by atoms with E-state index in [4.69, 9.17) is 14.9 Å². The van der Waals surface area contributed by atoms with Gasteiger partial charge in [-0.15, -0.1) is 0 Å². The molecule has 0 fully saturated rings. The Balaban J connectivity index is 1.51. The van der Waals surface area contributed by atoms with Crippen molar-refractivity contribution in [3.05, 3.63) is 48.5 Å². The molecule has 2 aromatic heterocycles. The molecule has 8 nitrogen and oxygen atoms in total. The van der Waals surface area contributed by atoms with Crippen LogP contribution < -0.4 is 15.8 Å². The average molecular weight is 326 g/mol. The summed E-state index contributed by atoms with van der Waals surface area (Å²) in [5.41, 5.74) is 6.71. The van der Waals surface area contributed by atoms with Gasteiger partial charge in [-0.2, -0.15) is 5.10 Å². The van der Waals surface area contributed by atoms with Crippen molar-refractivity contribution in [2.24, 2.45) is 10.7 Å². The zero-order valence-electron chi connectivity index (χ0n) is 13.2. The fourth-order valence-corrected chi connectivity index (χ4v) is 2.07. The number of nitrogens with zero attached hydrogens (tertiary/aromatic N) is 3. The lowest BCUT2D eigenvalue weighted by atomic mass is 10.3. The van der Waals surface area contributed by atoms with Gasteiger partial charge in [0.05, 0.1) is 13.4 Å². The minimum absolute atomic E-state index is 0.339. The van der Waals surface area contributed by atoms with Crippen LogP contribution in [0.25, 0.3) is 11.6 Å². The third kappa shape index (κ3) is 3.92. The van der Waals surface area contributed by atoms with Crippen LogP contribution in [0.15, 0.2) is 52.1 Å². The van der Waals surface area contributed by atoms with Gasteiger partial charge in [-0.05, 0) is 36.4 Å². The summed E-state index contributed by atoms with van der Waals surface area (Å²) in [6.45, 7) is 0.488. The van der Waals surface area contributed by atoms with E-state index < -0.39 is 0 Å². The molecule has 0 radical (unpaired) electrons. The molecule has 0 amide bonds. The standard InChI is InChI=1S/C16H18N6O2/c1-23-12-6-4-11(5-7-12)19-16(17)18-9-8-14-20-15(22-21-14)13-3-2-10-24-13/h2-7,10H,8-9H2,1H3,(H3,17,18,19)(H,20,21,22). The van der Waals surface area contributed by atoms with E-state index in [9.17, 15) is 0 Å². The Labute approximate surface area is 138 Å². The van der Waals surface area contributed by atoms with Crippen molar-refractivity contribution in [2.75, 3.05) is 19.0 Å². The number of guanidine groups is 1. The lowest BCUT2D eigenvalue weighted by molar-refractivity contribution is 0.415. The molecule has 0 saturated carbocycles. The van der Waals surface area contributed by atoms with Gasteiger partial charge in [0.2, 0.25) is 5.82 Å². The number of methoxy groups -OCH3 is 1. The van der Waals surface area contributed by atoms with Gasteiger partial charge in [0.15, 0.2) is 11.7 Å². The molecule has 0 bridgehead atoms. The van der Waals surface area contributed by atoms with Crippen LogP contribution >= 0.6 is 0 Å². The average Bonchev–Trinajstić information content (AvgIpc) is 3.27. The van der Waals surface area contributed by atoms with Gasteiger partial charge in [-0.1, -0.05) is 0 Å². The molecule has 0 unspecified atom stereocenters. The molecule has 0 aliphatic carbocycles. The molecule has 0 aliphatic heterocycles. The van der Waals surface area contributed by atoms with Crippen LogP contribution in [0.3, 0.4) is 0 Å². The first kappa shape index (κ1) is 15.6. The van der Waals surface area contributed by atoms with E-state index >= 15 is 0 Å². The number of aliphatic imine (C=N–C) groups is 1. The van der Waals surface area contributed by atoms with Crippen LogP contribution in [0.1, 0.15) is 5.82 Å². The molecular formula is C16H18N6O2. The summed E-state index contributed by atoms with van der Waals surface area (Å²) < 4.78 is 10.4. The number of aromatic amines is 1. The van der Waals surface area contributed by atoms with Crippen molar-refractivity contribution in [1.29, 1.82) is 0 Å². The van der Waals surface area contributed by atoms with Gasteiger partial charge in [0.25, 0.3) is 0 Å². The summed E-state index contributed by atoms with van der Waals surface area (Å²) in [5.74, 6) is 3.01. The van der Waals surface area contributed by atoms with E-state index in [1.807, 2.05) is 30.3 Å². The number of nitrogens with one attached hydrogen (secondary N) is 2. The van der Waals surface area contributed by atoms with Gasteiger partial charge in [0, 0.05) is 18.7 Å². The molecule has 24 heavy (non-hydrogen) atoms. The van der Waals surface area contributed by atoms with E-state index in [2.05, 4.69) is 25.5 Å². The molecule has 0 atom stereocenters. The summed E-state index contributed by atoms with van der Waals surface area (Å²) in [4.78, 5) is 8.62. The van der Waals surface area contributed by atoms with Gasteiger partial charge in [-0.3, -0.25) is 10.1 Å². The normalized spacial score (nSPS) is 11.5. The molecule has 124 valence electrons. The Morgan fingerprint density at radius 1 is 1.33 bits per heavy atom. The largest absolute Gasteiger partial charge is 0.497 e. The maximum absolute atomic E-state index is 5.87. The van der Waals surface area contributed by atoms with Crippen molar-refractivity contribution in [3.8, 4) is 17.3 Å². The monoisotopic (exact) mass is 326 g/mol. The number of rotatable bonds is 6. The fourth-order valence-electron chi connectivity index (χ4n) is 2.07. The zero-order chi connectivity index (χ0) is 16.8. The smallest absolute Gasteiger partial charge is 0.216 e. The predicted molar refractivity (Wildman–Crippen MR) is 90.9 cm³/mol. The number of H-pyrrole nitrogens is 1. The van der Waals surface area contributed by atoms with Gasteiger partial charge in [-0.25, -0.2) is 4.98 Å². The van der Waals surface area contributed by atoms with Crippen LogP contribution in [0.5, 0.6) is 5.75 Å². The number of anilines is 1. The van der Waals surface area contributed by atoms with Crippen LogP contribution in [-0.2, 0) is 6.42 Å². The first-order chi connectivity index (χ1) is 11.7. The zero-order valence-corrected chi connectivity index (χ0v) is 13.2. The SMILES string of the molecule is COc1ccc(NC(N)=NCCc2nc(-c3ccco3)n[nH]2)cc1. The number of hydrogen-bond acceptors (Lipinski definition) is 5. The van der Waals surface area contributed by atoms with Crippen LogP contribution in [0.2, 0.25) is 0 Å². The van der Waals surface area contributed by atoms with Crippen molar-refractivity contribution in [1.82, 2.24) is 15.2 Å². The first-order valence-electron chi connectivity index (χ1n) is 7.41. The maximum atomic E-state index is 5.87. The summed E-state index contributed by atoms with van der Waals surface area (Å²) in [5, 5.41) is 9.99. The molecule has 3 aromatic rings. The molecule has 0 aliphatic rings. The second kappa shape index (κ2) is 7.32. The quantitative estimate of drug-likeness (QED) is 0.472.